The van der Waals surface area contributed by atoms with Crippen molar-refractivity contribution in [1.29, 1.82) is 0 Å². The van der Waals surface area contributed by atoms with E-state index in [0.717, 1.165) is 0 Å². The number of amides is 1. The molecule has 0 saturated heterocycles. The van der Waals surface area contributed by atoms with Crippen LogP contribution in [0.2, 0.25) is 0 Å². The van der Waals surface area contributed by atoms with E-state index in [4.69, 9.17) is 5.11 Å². The second-order valence-electron chi connectivity index (χ2n) is 2.12. The lowest BCUT2D eigenvalue weighted by molar-refractivity contribution is -0.138. The highest BCUT2D eigenvalue weighted by Crippen LogP contribution is 2.29. The van der Waals surface area contributed by atoms with Gasteiger partial charge in [0, 0.05) is 0 Å². The second-order valence-corrected chi connectivity index (χ2v) is 4.37. The molecule has 1 atom stereocenters. The Hall–Kier alpha value is -0.490. The Morgan fingerprint density at radius 1 is 1.83 bits per heavy atom. The SMILES string of the molecule is CSC1=NC(=O)[C@@H](CC(=O)O)S1. The third kappa shape index (κ3) is 2.25. The molecule has 0 spiro atoms. The van der Waals surface area contributed by atoms with E-state index < -0.39 is 11.2 Å². The summed E-state index contributed by atoms with van der Waals surface area (Å²) < 4.78 is 0.659. The molecule has 0 aromatic heterocycles. The Balaban J connectivity index is 2.53. The van der Waals surface area contributed by atoms with Gasteiger partial charge in [-0.25, -0.2) is 0 Å². The monoisotopic (exact) mass is 205 g/mol. The predicted molar refractivity (Wildman–Crippen MR) is 49.6 cm³/mol. The van der Waals surface area contributed by atoms with Crippen molar-refractivity contribution in [2.75, 3.05) is 6.26 Å². The van der Waals surface area contributed by atoms with Crippen molar-refractivity contribution in [3.05, 3.63) is 0 Å². The number of carboxylic acids is 1. The highest BCUT2D eigenvalue weighted by Gasteiger charge is 2.29. The van der Waals surface area contributed by atoms with Gasteiger partial charge in [0.15, 0.2) is 0 Å². The summed E-state index contributed by atoms with van der Waals surface area (Å²) >= 11 is 2.60. The minimum Gasteiger partial charge on any atom is -0.481 e. The highest BCUT2D eigenvalue weighted by atomic mass is 32.2. The Kier molecular flexibility index (Phi) is 3.16. The van der Waals surface area contributed by atoms with Gasteiger partial charge in [-0.3, -0.25) is 9.59 Å². The standard InChI is InChI=1S/C6H7NO3S2/c1-11-6-7-5(10)3(12-6)2-4(8)9/h3H,2H2,1H3,(H,8,9)/t3-/m1/s1. The summed E-state index contributed by atoms with van der Waals surface area (Å²) in [5, 5.41) is 7.92. The van der Waals surface area contributed by atoms with Crippen molar-refractivity contribution in [3.63, 3.8) is 0 Å². The zero-order valence-electron chi connectivity index (χ0n) is 6.31. The van der Waals surface area contributed by atoms with Crippen LogP contribution in [-0.4, -0.2) is 32.9 Å². The Morgan fingerprint density at radius 3 is 2.92 bits per heavy atom. The molecule has 0 saturated carbocycles. The van der Waals surface area contributed by atoms with Gasteiger partial charge in [-0.2, -0.15) is 4.99 Å². The van der Waals surface area contributed by atoms with Crippen LogP contribution in [0.5, 0.6) is 0 Å². The number of carbonyl (C=O) groups is 2. The van der Waals surface area contributed by atoms with Gasteiger partial charge in [0.2, 0.25) is 0 Å². The number of aliphatic imine (C=N–C) groups is 1. The average molecular weight is 205 g/mol. The lowest BCUT2D eigenvalue weighted by Gasteiger charge is -2.00. The molecule has 0 aromatic rings. The summed E-state index contributed by atoms with van der Waals surface area (Å²) in [6.07, 6.45) is 1.67. The first kappa shape index (κ1) is 9.60. The molecule has 1 aliphatic rings. The van der Waals surface area contributed by atoms with Gasteiger partial charge in [-0.15, -0.1) is 11.8 Å². The highest BCUT2D eigenvalue weighted by molar-refractivity contribution is 8.39. The van der Waals surface area contributed by atoms with Crippen LogP contribution in [0.4, 0.5) is 0 Å². The molecule has 66 valence electrons. The molecular weight excluding hydrogens is 198 g/mol. The largest absolute Gasteiger partial charge is 0.481 e. The van der Waals surface area contributed by atoms with Crippen LogP contribution >= 0.6 is 23.5 Å². The summed E-state index contributed by atoms with van der Waals surface area (Å²) in [6.45, 7) is 0. The van der Waals surface area contributed by atoms with Crippen LogP contribution in [0.25, 0.3) is 0 Å². The number of hydrogen-bond donors (Lipinski definition) is 1. The van der Waals surface area contributed by atoms with Crippen molar-refractivity contribution in [3.8, 4) is 0 Å². The van der Waals surface area contributed by atoms with E-state index in [9.17, 15) is 9.59 Å². The number of hydrogen-bond acceptors (Lipinski definition) is 4. The lowest BCUT2D eigenvalue weighted by Crippen LogP contribution is -2.15. The van der Waals surface area contributed by atoms with Crippen molar-refractivity contribution >= 4 is 39.8 Å². The van der Waals surface area contributed by atoms with Crippen LogP contribution in [0, 0.1) is 0 Å². The minimum absolute atomic E-state index is 0.142. The first-order valence-electron chi connectivity index (χ1n) is 3.18. The minimum atomic E-state index is -0.960. The molecule has 0 aromatic carbocycles. The quantitative estimate of drug-likeness (QED) is 0.723. The van der Waals surface area contributed by atoms with Crippen LogP contribution in [-0.2, 0) is 9.59 Å². The molecule has 4 nitrogen and oxygen atoms in total. The molecule has 6 heteroatoms. The Bertz CT molecular complexity index is 251. The molecule has 0 radical (unpaired) electrons. The molecule has 0 bridgehead atoms. The summed E-state index contributed by atoms with van der Waals surface area (Å²) in [5.74, 6) is -1.29. The summed E-state index contributed by atoms with van der Waals surface area (Å²) in [5.41, 5.74) is 0. The lowest BCUT2D eigenvalue weighted by atomic mass is 10.3. The van der Waals surface area contributed by atoms with E-state index in [-0.39, 0.29) is 12.3 Å². The van der Waals surface area contributed by atoms with Crippen molar-refractivity contribution in [2.45, 2.75) is 11.7 Å². The number of thioether (sulfide) groups is 2. The van der Waals surface area contributed by atoms with Crippen molar-refractivity contribution in [2.24, 2.45) is 4.99 Å². The van der Waals surface area contributed by atoms with Crippen LogP contribution in [0.15, 0.2) is 4.99 Å². The summed E-state index contributed by atoms with van der Waals surface area (Å²) in [7, 11) is 0. The third-order valence-electron chi connectivity index (χ3n) is 1.25. The van der Waals surface area contributed by atoms with E-state index in [0.29, 0.717) is 4.38 Å². The van der Waals surface area contributed by atoms with E-state index in [2.05, 4.69) is 4.99 Å². The average Bonchev–Trinajstić information content (AvgIpc) is 2.31. The molecule has 0 aliphatic carbocycles. The third-order valence-corrected chi connectivity index (χ3v) is 3.43. The molecule has 1 aliphatic heterocycles. The van der Waals surface area contributed by atoms with Crippen LogP contribution in [0.3, 0.4) is 0 Å². The fourth-order valence-corrected chi connectivity index (χ4v) is 2.42. The maximum absolute atomic E-state index is 11.0. The number of nitrogens with zero attached hydrogens (tertiary/aromatic N) is 1. The molecule has 12 heavy (non-hydrogen) atoms. The zero-order valence-corrected chi connectivity index (χ0v) is 7.94. The Labute approximate surface area is 77.8 Å². The van der Waals surface area contributed by atoms with E-state index >= 15 is 0 Å². The van der Waals surface area contributed by atoms with Gasteiger partial charge in [-0.05, 0) is 6.26 Å². The zero-order chi connectivity index (χ0) is 9.14. The molecular formula is C6H7NO3S2. The van der Waals surface area contributed by atoms with E-state index in [1.54, 1.807) is 0 Å². The Morgan fingerprint density at radius 2 is 2.50 bits per heavy atom. The van der Waals surface area contributed by atoms with Gasteiger partial charge in [0.05, 0.1) is 6.42 Å². The number of aliphatic carboxylic acids is 1. The maximum atomic E-state index is 11.0. The van der Waals surface area contributed by atoms with E-state index in [1.807, 2.05) is 6.26 Å². The molecule has 1 rings (SSSR count). The molecule has 1 heterocycles. The summed E-state index contributed by atoms with van der Waals surface area (Å²) in [4.78, 5) is 24.9. The van der Waals surface area contributed by atoms with Gasteiger partial charge < -0.3 is 5.11 Å². The molecule has 1 N–H and O–H groups in total. The van der Waals surface area contributed by atoms with Gasteiger partial charge in [0.1, 0.15) is 9.63 Å². The topological polar surface area (TPSA) is 66.7 Å². The van der Waals surface area contributed by atoms with Gasteiger partial charge in [-0.1, -0.05) is 11.8 Å². The summed E-state index contributed by atoms with van der Waals surface area (Å²) in [6, 6.07) is 0. The first-order chi connectivity index (χ1) is 5.63. The fraction of sp³-hybridized carbons (Fsp3) is 0.500. The fourth-order valence-electron chi connectivity index (χ4n) is 0.742. The number of carboxylic acid groups (broad SMARTS) is 1. The number of rotatable bonds is 2. The van der Waals surface area contributed by atoms with Gasteiger partial charge >= 0.3 is 5.97 Å². The van der Waals surface area contributed by atoms with Gasteiger partial charge in [0.25, 0.3) is 5.91 Å². The molecule has 0 unspecified atom stereocenters. The maximum Gasteiger partial charge on any atom is 0.305 e. The smallest absolute Gasteiger partial charge is 0.305 e. The predicted octanol–water partition coefficient (Wildman–Crippen LogP) is 0.822. The first-order valence-corrected chi connectivity index (χ1v) is 5.29. The second kappa shape index (κ2) is 3.95. The van der Waals surface area contributed by atoms with Crippen LogP contribution in [0.1, 0.15) is 6.42 Å². The molecule has 0 fully saturated rings. The van der Waals surface area contributed by atoms with Crippen molar-refractivity contribution in [1.82, 2.24) is 0 Å². The van der Waals surface area contributed by atoms with Crippen molar-refractivity contribution < 1.29 is 14.7 Å². The van der Waals surface area contributed by atoms with E-state index in [1.165, 1.54) is 23.5 Å². The number of carbonyl (C=O) groups excluding carboxylic acids is 1. The molecule has 1 amide bonds. The van der Waals surface area contributed by atoms with Crippen LogP contribution < -0.4 is 0 Å². The normalized spacial score (nSPS) is 22.6.